The SMILES string of the molecule is CCOCCCNC(=O)c1cnon1. The zero-order valence-electron chi connectivity index (χ0n) is 8.02. The number of nitrogens with zero attached hydrogens (tertiary/aromatic N) is 2. The quantitative estimate of drug-likeness (QED) is 0.663. The van der Waals surface area contributed by atoms with Gasteiger partial charge in [-0.3, -0.25) is 4.79 Å². The predicted octanol–water partition coefficient (Wildman–Crippen LogP) is 0.226. The molecule has 1 N–H and O–H groups in total. The van der Waals surface area contributed by atoms with Crippen molar-refractivity contribution in [3.8, 4) is 0 Å². The summed E-state index contributed by atoms with van der Waals surface area (Å²) in [6.45, 7) is 3.83. The topological polar surface area (TPSA) is 77.2 Å². The lowest BCUT2D eigenvalue weighted by atomic mass is 10.4. The van der Waals surface area contributed by atoms with Gasteiger partial charge in [-0.15, -0.1) is 0 Å². The molecule has 1 rings (SSSR count). The minimum atomic E-state index is -0.275. The molecule has 1 aromatic heterocycles. The molecule has 0 spiro atoms. The van der Waals surface area contributed by atoms with Crippen LogP contribution in [0.5, 0.6) is 0 Å². The van der Waals surface area contributed by atoms with Gasteiger partial charge in [0.2, 0.25) is 0 Å². The molecule has 0 aromatic carbocycles. The number of rotatable bonds is 6. The van der Waals surface area contributed by atoms with Crippen molar-refractivity contribution in [2.75, 3.05) is 19.8 Å². The third-order valence-corrected chi connectivity index (χ3v) is 1.55. The Labute approximate surface area is 81.6 Å². The van der Waals surface area contributed by atoms with Crippen molar-refractivity contribution in [3.05, 3.63) is 11.9 Å². The summed E-state index contributed by atoms with van der Waals surface area (Å²) in [5, 5.41) is 9.39. The van der Waals surface area contributed by atoms with Crippen molar-refractivity contribution in [2.24, 2.45) is 0 Å². The van der Waals surface area contributed by atoms with Gasteiger partial charge in [0, 0.05) is 19.8 Å². The highest BCUT2D eigenvalue weighted by Crippen LogP contribution is 1.90. The molecule has 0 saturated carbocycles. The van der Waals surface area contributed by atoms with Gasteiger partial charge in [0.25, 0.3) is 5.91 Å². The number of amides is 1. The van der Waals surface area contributed by atoms with Crippen LogP contribution < -0.4 is 5.32 Å². The smallest absolute Gasteiger partial charge is 0.275 e. The highest BCUT2D eigenvalue weighted by Gasteiger charge is 2.07. The number of hydrogen-bond donors (Lipinski definition) is 1. The Morgan fingerprint density at radius 1 is 1.71 bits per heavy atom. The lowest BCUT2D eigenvalue weighted by Crippen LogP contribution is -2.25. The van der Waals surface area contributed by atoms with Crippen LogP contribution >= 0.6 is 0 Å². The van der Waals surface area contributed by atoms with Crippen LogP contribution in [-0.2, 0) is 4.74 Å². The van der Waals surface area contributed by atoms with E-state index in [-0.39, 0.29) is 11.6 Å². The molecule has 0 fully saturated rings. The molecule has 0 atom stereocenters. The second-order valence-corrected chi connectivity index (χ2v) is 2.60. The Kier molecular flexibility index (Phi) is 4.63. The van der Waals surface area contributed by atoms with E-state index in [9.17, 15) is 4.79 Å². The van der Waals surface area contributed by atoms with E-state index in [1.54, 1.807) is 0 Å². The van der Waals surface area contributed by atoms with E-state index in [4.69, 9.17) is 4.74 Å². The van der Waals surface area contributed by atoms with Gasteiger partial charge < -0.3 is 10.1 Å². The van der Waals surface area contributed by atoms with Crippen molar-refractivity contribution in [1.29, 1.82) is 0 Å². The molecule has 0 aliphatic carbocycles. The summed E-state index contributed by atoms with van der Waals surface area (Å²) in [4.78, 5) is 11.2. The maximum absolute atomic E-state index is 11.2. The van der Waals surface area contributed by atoms with Crippen LogP contribution in [0.4, 0.5) is 0 Å². The molecule has 1 amide bonds. The van der Waals surface area contributed by atoms with E-state index >= 15 is 0 Å². The van der Waals surface area contributed by atoms with E-state index in [0.717, 1.165) is 6.42 Å². The van der Waals surface area contributed by atoms with Gasteiger partial charge in [0.05, 0.1) is 0 Å². The first kappa shape index (κ1) is 10.6. The second-order valence-electron chi connectivity index (χ2n) is 2.60. The average Bonchev–Trinajstić information content (AvgIpc) is 2.70. The van der Waals surface area contributed by atoms with Crippen LogP contribution in [-0.4, -0.2) is 36.0 Å². The lowest BCUT2D eigenvalue weighted by Gasteiger charge is -2.02. The number of ether oxygens (including phenoxy) is 1. The maximum atomic E-state index is 11.2. The normalized spacial score (nSPS) is 10.1. The van der Waals surface area contributed by atoms with Crippen LogP contribution in [0.2, 0.25) is 0 Å². The van der Waals surface area contributed by atoms with Crippen LogP contribution in [0.25, 0.3) is 0 Å². The molecule has 0 saturated heterocycles. The molecular weight excluding hydrogens is 186 g/mol. The van der Waals surface area contributed by atoms with Gasteiger partial charge in [0.15, 0.2) is 5.69 Å². The predicted molar refractivity (Wildman–Crippen MR) is 47.7 cm³/mol. The summed E-state index contributed by atoms with van der Waals surface area (Å²) in [7, 11) is 0. The molecule has 0 bridgehead atoms. The third kappa shape index (κ3) is 3.53. The molecule has 0 aliphatic heterocycles. The fourth-order valence-electron chi connectivity index (χ4n) is 0.876. The van der Waals surface area contributed by atoms with Gasteiger partial charge >= 0.3 is 0 Å². The van der Waals surface area contributed by atoms with Gasteiger partial charge in [-0.05, 0) is 18.5 Å². The highest BCUT2D eigenvalue weighted by atomic mass is 16.6. The monoisotopic (exact) mass is 199 g/mol. The molecule has 6 heteroatoms. The third-order valence-electron chi connectivity index (χ3n) is 1.55. The van der Waals surface area contributed by atoms with E-state index in [1.807, 2.05) is 6.92 Å². The minimum absolute atomic E-state index is 0.196. The summed E-state index contributed by atoms with van der Waals surface area (Å²) in [5.41, 5.74) is 0.196. The standard InChI is InChI=1S/C8H13N3O3/c1-2-13-5-3-4-9-8(12)7-6-10-14-11-7/h6H,2-5H2,1H3,(H,9,12). The number of aromatic nitrogens is 2. The molecular formula is C8H13N3O3. The van der Waals surface area contributed by atoms with Crippen LogP contribution in [0, 0.1) is 0 Å². The summed E-state index contributed by atoms with van der Waals surface area (Å²) < 4.78 is 9.40. The molecule has 6 nitrogen and oxygen atoms in total. The van der Waals surface area contributed by atoms with Gasteiger partial charge in [-0.25, -0.2) is 4.63 Å². The largest absolute Gasteiger partial charge is 0.382 e. The molecule has 0 aliphatic rings. The summed E-state index contributed by atoms with van der Waals surface area (Å²) >= 11 is 0. The van der Waals surface area contributed by atoms with E-state index < -0.39 is 0 Å². The van der Waals surface area contributed by atoms with E-state index in [1.165, 1.54) is 6.20 Å². The van der Waals surface area contributed by atoms with E-state index in [0.29, 0.717) is 19.8 Å². The van der Waals surface area contributed by atoms with Crippen molar-refractivity contribution in [1.82, 2.24) is 15.6 Å². The Balaban J connectivity index is 2.10. The summed E-state index contributed by atoms with van der Waals surface area (Å²) in [5.74, 6) is -0.275. The number of nitrogens with one attached hydrogen (secondary N) is 1. The summed E-state index contributed by atoms with van der Waals surface area (Å²) in [6.07, 6.45) is 2.06. The van der Waals surface area contributed by atoms with Crippen molar-refractivity contribution in [3.63, 3.8) is 0 Å². The second kappa shape index (κ2) is 6.09. The maximum Gasteiger partial charge on any atom is 0.275 e. The zero-order chi connectivity index (χ0) is 10.2. The van der Waals surface area contributed by atoms with Crippen molar-refractivity contribution >= 4 is 5.91 Å². The number of carbonyl (C=O) groups excluding carboxylic acids is 1. The Hall–Kier alpha value is -1.43. The minimum Gasteiger partial charge on any atom is -0.382 e. The first-order chi connectivity index (χ1) is 6.84. The molecule has 78 valence electrons. The fraction of sp³-hybridized carbons (Fsp3) is 0.625. The fourth-order valence-corrected chi connectivity index (χ4v) is 0.876. The molecule has 14 heavy (non-hydrogen) atoms. The zero-order valence-corrected chi connectivity index (χ0v) is 8.02. The Morgan fingerprint density at radius 2 is 2.57 bits per heavy atom. The van der Waals surface area contributed by atoms with Crippen LogP contribution in [0.1, 0.15) is 23.8 Å². The van der Waals surface area contributed by atoms with Gasteiger partial charge in [0.1, 0.15) is 6.20 Å². The van der Waals surface area contributed by atoms with Gasteiger partial charge in [-0.1, -0.05) is 5.16 Å². The Morgan fingerprint density at radius 3 is 3.21 bits per heavy atom. The summed E-state index contributed by atoms with van der Waals surface area (Å²) in [6, 6.07) is 0. The van der Waals surface area contributed by atoms with Crippen molar-refractivity contribution in [2.45, 2.75) is 13.3 Å². The van der Waals surface area contributed by atoms with Crippen molar-refractivity contribution < 1.29 is 14.2 Å². The first-order valence-corrected chi connectivity index (χ1v) is 4.48. The van der Waals surface area contributed by atoms with Crippen LogP contribution in [0.3, 0.4) is 0 Å². The molecule has 1 heterocycles. The first-order valence-electron chi connectivity index (χ1n) is 4.48. The van der Waals surface area contributed by atoms with E-state index in [2.05, 4.69) is 20.3 Å². The Bertz CT molecular complexity index is 261. The lowest BCUT2D eigenvalue weighted by molar-refractivity contribution is 0.0934. The molecule has 0 unspecified atom stereocenters. The van der Waals surface area contributed by atoms with Gasteiger partial charge in [-0.2, -0.15) is 0 Å². The van der Waals surface area contributed by atoms with Crippen LogP contribution in [0.15, 0.2) is 10.8 Å². The average molecular weight is 199 g/mol. The molecule has 1 aromatic rings. The number of hydrogen-bond acceptors (Lipinski definition) is 5. The number of carbonyl (C=O) groups is 1. The molecule has 0 radical (unpaired) electrons. The highest BCUT2D eigenvalue weighted by molar-refractivity contribution is 5.91.